The summed E-state index contributed by atoms with van der Waals surface area (Å²) in [6.45, 7) is 0.681. The molecule has 1 N–H and O–H groups in total. The molecule has 0 aliphatic carbocycles. The lowest BCUT2D eigenvalue weighted by molar-refractivity contribution is -0.118. The smallest absolute Gasteiger partial charge is 0.250 e. The Labute approximate surface area is 196 Å². The molecule has 0 radical (unpaired) electrons. The van der Waals surface area contributed by atoms with E-state index in [0.29, 0.717) is 18.0 Å². The summed E-state index contributed by atoms with van der Waals surface area (Å²) < 4.78 is 12.7. The van der Waals surface area contributed by atoms with E-state index in [2.05, 4.69) is 27.2 Å². The number of thioether (sulfide) groups is 1. The molecule has 168 valence electrons. The zero-order valence-corrected chi connectivity index (χ0v) is 19.2. The van der Waals surface area contributed by atoms with E-state index in [1.54, 1.807) is 32.6 Å². The lowest BCUT2D eigenvalue weighted by Crippen LogP contribution is -2.20. The SMILES string of the molecule is COc1ccc(/C=N\NC(=O)CSc2nc3ccccc3n2Cc2ccccc2)c(OC)c1. The maximum absolute atomic E-state index is 12.4. The van der Waals surface area contributed by atoms with Crippen molar-refractivity contribution in [3.8, 4) is 11.5 Å². The van der Waals surface area contributed by atoms with Gasteiger partial charge < -0.3 is 14.0 Å². The lowest BCUT2D eigenvalue weighted by Gasteiger charge is -2.09. The van der Waals surface area contributed by atoms with Crippen LogP contribution in [0.3, 0.4) is 0 Å². The van der Waals surface area contributed by atoms with Crippen LogP contribution in [-0.2, 0) is 11.3 Å². The lowest BCUT2D eigenvalue weighted by atomic mass is 10.2. The number of imidazole rings is 1. The second kappa shape index (κ2) is 10.7. The summed E-state index contributed by atoms with van der Waals surface area (Å²) in [7, 11) is 3.16. The molecule has 1 heterocycles. The summed E-state index contributed by atoms with van der Waals surface area (Å²) in [6.07, 6.45) is 1.55. The normalized spacial score (nSPS) is 11.1. The second-order valence-corrected chi connectivity index (χ2v) is 8.09. The van der Waals surface area contributed by atoms with Crippen LogP contribution in [0, 0.1) is 0 Å². The first-order chi connectivity index (χ1) is 16.2. The van der Waals surface area contributed by atoms with Gasteiger partial charge in [-0.15, -0.1) is 0 Å². The standard InChI is InChI=1S/C25H24N4O3S/c1-31-20-13-12-19(23(14-20)32-2)15-26-28-24(30)17-33-25-27-21-10-6-7-11-22(21)29(25)16-18-8-4-3-5-9-18/h3-15H,16-17H2,1-2H3,(H,28,30)/b26-15-. The van der Waals surface area contributed by atoms with Gasteiger partial charge in [-0.2, -0.15) is 5.10 Å². The number of rotatable bonds is 9. The van der Waals surface area contributed by atoms with Crippen LogP contribution in [-0.4, -0.2) is 41.6 Å². The third kappa shape index (κ3) is 5.53. The number of amides is 1. The molecular weight excluding hydrogens is 436 g/mol. The van der Waals surface area contributed by atoms with Crippen molar-refractivity contribution in [2.75, 3.05) is 20.0 Å². The van der Waals surface area contributed by atoms with Gasteiger partial charge in [-0.25, -0.2) is 10.4 Å². The predicted octanol–water partition coefficient (Wildman–Crippen LogP) is 4.34. The molecular formula is C25H24N4O3S. The first-order valence-electron chi connectivity index (χ1n) is 10.3. The molecule has 1 aromatic heterocycles. The zero-order chi connectivity index (χ0) is 23.0. The van der Waals surface area contributed by atoms with E-state index in [9.17, 15) is 4.79 Å². The molecule has 0 saturated carbocycles. The molecule has 0 aliphatic rings. The molecule has 33 heavy (non-hydrogen) atoms. The third-order valence-electron chi connectivity index (χ3n) is 4.97. The summed E-state index contributed by atoms with van der Waals surface area (Å²) in [4.78, 5) is 17.1. The Bertz CT molecular complexity index is 1270. The van der Waals surface area contributed by atoms with Crippen LogP contribution < -0.4 is 14.9 Å². The molecule has 4 rings (SSSR count). The molecule has 0 bridgehead atoms. The minimum Gasteiger partial charge on any atom is -0.497 e. The topological polar surface area (TPSA) is 77.7 Å². The highest BCUT2D eigenvalue weighted by atomic mass is 32.2. The number of carbonyl (C=O) groups excluding carboxylic acids is 1. The number of hydrazone groups is 1. The highest BCUT2D eigenvalue weighted by molar-refractivity contribution is 7.99. The Balaban J connectivity index is 1.43. The van der Waals surface area contributed by atoms with E-state index in [1.165, 1.54) is 17.3 Å². The Morgan fingerprint density at radius 3 is 2.64 bits per heavy atom. The van der Waals surface area contributed by atoms with Crippen LogP contribution in [0.1, 0.15) is 11.1 Å². The van der Waals surface area contributed by atoms with Crippen LogP contribution in [0.25, 0.3) is 11.0 Å². The highest BCUT2D eigenvalue weighted by Gasteiger charge is 2.13. The molecule has 0 aliphatic heterocycles. The molecule has 4 aromatic rings. The van der Waals surface area contributed by atoms with Crippen molar-refractivity contribution >= 4 is 34.9 Å². The average Bonchev–Trinajstić information content (AvgIpc) is 3.20. The Hall–Kier alpha value is -3.78. The van der Waals surface area contributed by atoms with Crippen molar-refractivity contribution in [2.45, 2.75) is 11.7 Å². The highest BCUT2D eigenvalue weighted by Crippen LogP contribution is 2.25. The first-order valence-corrected chi connectivity index (χ1v) is 11.3. The number of benzene rings is 3. The number of carbonyl (C=O) groups is 1. The van der Waals surface area contributed by atoms with Crippen molar-refractivity contribution in [3.05, 3.63) is 83.9 Å². The molecule has 3 aromatic carbocycles. The van der Waals surface area contributed by atoms with E-state index in [4.69, 9.17) is 14.5 Å². The zero-order valence-electron chi connectivity index (χ0n) is 18.4. The van der Waals surface area contributed by atoms with Crippen molar-refractivity contribution in [1.29, 1.82) is 0 Å². The van der Waals surface area contributed by atoms with Gasteiger partial charge in [0.05, 0.1) is 43.8 Å². The minimum absolute atomic E-state index is 0.190. The number of para-hydroxylation sites is 2. The number of nitrogens with zero attached hydrogens (tertiary/aromatic N) is 3. The average molecular weight is 461 g/mol. The summed E-state index contributed by atoms with van der Waals surface area (Å²) in [5.74, 6) is 1.26. The van der Waals surface area contributed by atoms with Gasteiger partial charge >= 0.3 is 0 Å². The number of nitrogens with one attached hydrogen (secondary N) is 1. The predicted molar refractivity (Wildman–Crippen MR) is 131 cm³/mol. The second-order valence-electron chi connectivity index (χ2n) is 7.14. The third-order valence-corrected chi connectivity index (χ3v) is 5.95. The molecule has 0 fully saturated rings. The number of fused-ring (bicyclic) bond motifs is 1. The van der Waals surface area contributed by atoms with E-state index in [-0.39, 0.29) is 11.7 Å². The maximum atomic E-state index is 12.4. The fourth-order valence-corrected chi connectivity index (χ4v) is 4.15. The van der Waals surface area contributed by atoms with E-state index in [1.807, 2.05) is 48.5 Å². The Morgan fingerprint density at radius 2 is 1.85 bits per heavy atom. The van der Waals surface area contributed by atoms with Gasteiger partial charge in [-0.1, -0.05) is 54.2 Å². The summed E-state index contributed by atoms with van der Waals surface area (Å²) in [6, 6.07) is 23.6. The molecule has 0 atom stereocenters. The van der Waals surface area contributed by atoms with E-state index in [0.717, 1.165) is 21.8 Å². The monoisotopic (exact) mass is 460 g/mol. The molecule has 0 spiro atoms. The number of methoxy groups -OCH3 is 2. The number of aromatic nitrogens is 2. The van der Waals surface area contributed by atoms with Crippen molar-refractivity contribution in [2.24, 2.45) is 5.10 Å². The van der Waals surface area contributed by atoms with Gasteiger partial charge in [0.2, 0.25) is 0 Å². The number of hydrogen-bond donors (Lipinski definition) is 1. The van der Waals surface area contributed by atoms with Crippen molar-refractivity contribution < 1.29 is 14.3 Å². The van der Waals surface area contributed by atoms with Gasteiger partial charge in [-0.3, -0.25) is 4.79 Å². The van der Waals surface area contributed by atoms with Crippen molar-refractivity contribution in [3.63, 3.8) is 0 Å². The van der Waals surface area contributed by atoms with Gasteiger partial charge in [0.1, 0.15) is 11.5 Å². The number of hydrogen-bond acceptors (Lipinski definition) is 6. The van der Waals surface area contributed by atoms with Crippen LogP contribution in [0.5, 0.6) is 11.5 Å². The van der Waals surface area contributed by atoms with Crippen LogP contribution >= 0.6 is 11.8 Å². The summed E-state index contributed by atoms with van der Waals surface area (Å²) in [5.41, 5.74) is 6.41. The fraction of sp³-hybridized carbons (Fsp3) is 0.160. The molecule has 0 saturated heterocycles. The quantitative estimate of drug-likeness (QED) is 0.228. The molecule has 7 nitrogen and oxygen atoms in total. The molecule has 0 unspecified atom stereocenters. The van der Waals surface area contributed by atoms with E-state index >= 15 is 0 Å². The number of ether oxygens (including phenoxy) is 2. The summed E-state index contributed by atoms with van der Waals surface area (Å²) >= 11 is 1.38. The minimum atomic E-state index is -0.220. The van der Waals surface area contributed by atoms with Gasteiger partial charge in [0.25, 0.3) is 5.91 Å². The largest absolute Gasteiger partial charge is 0.497 e. The Morgan fingerprint density at radius 1 is 1.06 bits per heavy atom. The molecule has 1 amide bonds. The Kier molecular flexibility index (Phi) is 7.26. The van der Waals surface area contributed by atoms with Crippen LogP contribution in [0.2, 0.25) is 0 Å². The summed E-state index contributed by atoms with van der Waals surface area (Å²) in [5, 5.41) is 4.85. The van der Waals surface area contributed by atoms with Crippen LogP contribution in [0.15, 0.2) is 83.1 Å². The van der Waals surface area contributed by atoms with Gasteiger partial charge in [0, 0.05) is 11.6 Å². The molecule has 8 heteroatoms. The van der Waals surface area contributed by atoms with E-state index < -0.39 is 0 Å². The first kappa shape index (κ1) is 22.4. The maximum Gasteiger partial charge on any atom is 0.250 e. The van der Waals surface area contributed by atoms with Crippen LogP contribution in [0.4, 0.5) is 0 Å². The fourth-order valence-electron chi connectivity index (χ4n) is 3.34. The van der Waals surface area contributed by atoms with Crippen molar-refractivity contribution in [1.82, 2.24) is 15.0 Å². The van der Waals surface area contributed by atoms with Gasteiger partial charge in [0.15, 0.2) is 5.16 Å². The van der Waals surface area contributed by atoms with Gasteiger partial charge in [-0.05, 0) is 29.8 Å².